The third kappa shape index (κ3) is 8.35. The maximum Gasteiger partial charge on any atom is 0.0999 e. The second-order valence-corrected chi connectivity index (χ2v) is 7.26. The van der Waals surface area contributed by atoms with Crippen molar-refractivity contribution in [1.82, 2.24) is 0 Å². The molecule has 0 aromatic heterocycles. The molecule has 0 aliphatic carbocycles. The largest absolute Gasteiger partial charge is 0.248 e. The van der Waals surface area contributed by atoms with Crippen LogP contribution in [0.5, 0.6) is 0 Å². The van der Waals surface area contributed by atoms with Crippen LogP contribution in [0.2, 0.25) is 0 Å². The highest BCUT2D eigenvalue weighted by molar-refractivity contribution is 7.99. The average molecular weight is 367 g/mol. The Bertz CT molecular complexity index is 661. The van der Waals surface area contributed by atoms with Gasteiger partial charge in [0.15, 0.2) is 0 Å². The van der Waals surface area contributed by atoms with Crippen LogP contribution < -0.4 is 0 Å². The summed E-state index contributed by atoms with van der Waals surface area (Å²) < 4.78 is 12.8. The monoisotopic (exact) mass is 366 g/mol. The molecular weight excluding hydrogens is 339 g/mol. The summed E-state index contributed by atoms with van der Waals surface area (Å²) in [6.45, 7) is 1.90. The van der Waals surface area contributed by atoms with Gasteiger partial charge in [0.1, 0.15) is 0 Å². The number of benzene rings is 3. The van der Waals surface area contributed by atoms with Crippen molar-refractivity contribution in [2.45, 2.75) is 48.6 Å². The minimum absolute atomic E-state index is 0.608. The summed E-state index contributed by atoms with van der Waals surface area (Å²) in [5.41, 5.74) is 1.31. The van der Waals surface area contributed by atoms with Crippen LogP contribution in [0.4, 0.5) is 4.39 Å². The molecular formula is C24H27FS. The highest BCUT2D eigenvalue weighted by atomic mass is 32.2. The summed E-state index contributed by atoms with van der Waals surface area (Å²) in [5.74, 6) is 0. The quantitative estimate of drug-likeness (QED) is 0.415. The van der Waals surface area contributed by atoms with E-state index in [2.05, 4.69) is 60.7 Å². The van der Waals surface area contributed by atoms with Crippen molar-refractivity contribution >= 4 is 11.8 Å². The molecule has 2 heteroatoms. The van der Waals surface area contributed by atoms with E-state index in [-0.39, 0.29) is 0 Å². The van der Waals surface area contributed by atoms with Crippen LogP contribution in [-0.4, -0.2) is 6.17 Å². The van der Waals surface area contributed by atoms with Crippen LogP contribution in [0.1, 0.15) is 31.7 Å². The Kier molecular flexibility index (Phi) is 9.60. The number of aryl methyl sites for hydroxylation is 1. The molecule has 0 bridgehead atoms. The van der Waals surface area contributed by atoms with Gasteiger partial charge in [0, 0.05) is 9.79 Å². The first-order valence-corrected chi connectivity index (χ1v) is 10.1. The van der Waals surface area contributed by atoms with Gasteiger partial charge in [-0.05, 0) is 55.5 Å². The standard InChI is InChI=1S/C12H17F.C12H10S/c1-2-12(13)10-6-9-11-7-4-3-5-8-11;1-3-7-11(8-4-1)13-12-9-5-2-6-10-12/h3-5,7-8,12H,2,6,9-10H2,1H3;1-10H. The van der Waals surface area contributed by atoms with E-state index in [0.29, 0.717) is 12.8 Å². The SMILES string of the molecule is CCC(F)CCCc1ccccc1.c1ccc(Sc2ccccc2)cc1. The molecule has 0 aliphatic heterocycles. The number of hydrogen-bond acceptors (Lipinski definition) is 1. The van der Waals surface area contributed by atoms with Gasteiger partial charge in [-0.1, -0.05) is 85.4 Å². The Morgan fingerprint density at radius 2 is 1.19 bits per heavy atom. The summed E-state index contributed by atoms with van der Waals surface area (Å²) in [7, 11) is 0. The van der Waals surface area contributed by atoms with Gasteiger partial charge in [-0.15, -0.1) is 0 Å². The van der Waals surface area contributed by atoms with E-state index < -0.39 is 6.17 Å². The van der Waals surface area contributed by atoms with E-state index in [1.807, 2.05) is 37.3 Å². The zero-order valence-electron chi connectivity index (χ0n) is 15.4. The Morgan fingerprint density at radius 1 is 0.731 bits per heavy atom. The van der Waals surface area contributed by atoms with Crippen molar-refractivity contribution in [2.75, 3.05) is 0 Å². The van der Waals surface area contributed by atoms with Crippen molar-refractivity contribution in [3.05, 3.63) is 96.6 Å². The first-order chi connectivity index (χ1) is 12.8. The highest BCUT2D eigenvalue weighted by Gasteiger charge is 2.02. The molecule has 0 aliphatic rings. The Morgan fingerprint density at radius 3 is 1.65 bits per heavy atom. The number of rotatable bonds is 7. The fourth-order valence-corrected chi connectivity index (χ4v) is 3.35. The van der Waals surface area contributed by atoms with E-state index in [1.165, 1.54) is 15.4 Å². The summed E-state index contributed by atoms with van der Waals surface area (Å²) in [6, 6.07) is 31.1. The molecule has 0 radical (unpaired) electrons. The maximum absolute atomic E-state index is 12.8. The topological polar surface area (TPSA) is 0 Å². The zero-order valence-corrected chi connectivity index (χ0v) is 16.2. The molecule has 1 atom stereocenters. The third-order valence-electron chi connectivity index (χ3n) is 3.99. The third-order valence-corrected chi connectivity index (χ3v) is 5.01. The number of halogens is 1. The van der Waals surface area contributed by atoms with Crippen LogP contribution >= 0.6 is 11.8 Å². The summed E-state index contributed by atoms with van der Waals surface area (Å²) in [6.07, 6.45) is 2.70. The summed E-state index contributed by atoms with van der Waals surface area (Å²) >= 11 is 1.79. The average Bonchev–Trinajstić information content (AvgIpc) is 2.71. The van der Waals surface area contributed by atoms with Gasteiger partial charge in [0.05, 0.1) is 6.17 Å². The Labute approximate surface area is 161 Å². The van der Waals surface area contributed by atoms with Gasteiger partial charge in [0.25, 0.3) is 0 Å². The number of hydrogen-bond donors (Lipinski definition) is 0. The molecule has 0 fully saturated rings. The number of alkyl halides is 1. The van der Waals surface area contributed by atoms with E-state index in [0.717, 1.165) is 12.8 Å². The molecule has 0 N–H and O–H groups in total. The Hall–Kier alpha value is -2.06. The fraction of sp³-hybridized carbons (Fsp3) is 0.250. The molecule has 0 amide bonds. The van der Waals surface area contributed by atoms with E-state index >= 15 is 0 Å². The Balaban J connectivity index is 0.000000187. The van der Waals surface area contributed by atoms with E-state index in [4.69, 9.17) is 0 Å². The van der Waals surface area contributed by atoms with Gasteiger partial charge in [-0.2, -0.15) is 0 Å². The molecule has 1 unspecified atom stereocenters. The van der Waals surface area contributed by atoms with Crippen molar-refractivity contribution in [3.63, 3.8) is 0 Å². The lowest BCUT2D eigenvalue weighted by atomic mass is 10.1. The van der Waals surface area contributed by atoms with Crippen molar-refractivity contribution in [3.8, 4) is 0 Å². The van der Waals surface area contributed by atoms with Crippen LogP contribution in [0, 0.1) is 0 Å². The summed E-state index contributed by atoms with van der Waals surface area (Å²) in [5, 5.41) is 0. The van der Waals surface area contributed by atoms with E-state index in [9.17, 15) is 4.39 Å². The van der Waals surface area contributed by atoms with Crippen molar-refractivity contribution < 1.29 is 4.39 Å². The molecule has 3 aromatic carbocycles. The molecule has 0 saturated heterocycles. The van der Waals surface area contributed by atoms with Gasteiger partial charge in [-0.25, -0.2) is 4.39 Å². The van der Waals surface area contributed by atoms with Gasteiger partial charge in [-0.3, -0.25) is 0 Å². The lowest BCUT2D eigenvalue weighted by molar-refractivity contribution is 0.300. The molecule has 0 heterocycles. The molecule has 136 valence electrons. The minimum Gasteiger partial charge on any atom is -0.248 e. The lowest BCUT2D eigenvalue weighted by Crippen LogP contribution is -1.98. The molecule has 3 rings (SSSR count). The first-order valence-electron chi connectivity index (χ1n) is 9.24. The molecule has 26 heavy (non-hydrogen) atoms. The smallest absolute Gasteiger partial charge is 0.0999 e. The lowest BCUT2D eigenvalue weighted by Gasteiger charge is -2.04. The van der Waals surface area contributed by atoms with Crippen molar-refractivity contribution in [2.24, 2.45) is 0 Å². The maximum atomic E-state index is 12.8. The normalized spacial score (nSPS) is 11.3. The predicted octanol–water partition coefficient (Wildman–Crippen LogP) is 7.60. The zero-order chi connectivity index (χ0) is 18.5. The molecule has 3 aromatic rings. The summed E-state index contributed by atoms with van der Waals surface area (Å²) in [4.78, 5) is 2.57. The first kappa shape index (κ1) is 20.3. The van der Waals surface area contributed by atoms with E-state index in [1.54, 1.807) is 11.8 Å². The van der Waals surface area contributed by atoms with Crippen LogP contribution in [0.15, 0.2) is 101 Å². The predicted molar refractivity (Wildman–Crippen MR) is 112 cm³/mol. The van der Waals surface area contributed by atoms with Crippen molar-refractivity contribution in [1.29, 1.82) is 0 Å². The highest BCUT2D eigenvalue weighted by Crippen LogP contribution is 2.26. The minimum atomic E-state index is -0.608. The molecule has 0 nitrogen and oxygen atoms in total. The second kappa shape index (κ2) is 12.3. The second-order valence-electron chi connectivity index (χ2n) is 6.11. The fourth-order valence-electron chi connectivity index (χ4n) is 2.49. The van der Waals surface area contributed by atoms with Crippen LogP contribution in [-0.2, 0) is 6.42 Å². The van der Waals surface area contributed by atoms with Crippen LogP contribution in [0.25, 0.3) is 0 Å². The molecule has 0 spiro atoms. The van der Waals surface area contributed by atoms with Gasteiger partial charge in [0.2, 0.25) is 0 Å². The molecule has 0 saturated carbocycles. The van der Waals surface area contributed by atoms with Gasteiger partial charge >= 0.3 is 0 Å². The van der Waals surface area contributed by atoms with Gasteiger partial charge < -0.3 is 0 Å². The van der Waals surface area contributed by atoms with Crippen LogP contribution in [0.3, 0.4) is 0 Å².